The molecule has 0 radical (unpaired) electrons. The number of carboxylic acids is 1. The number of aromatic hydroxyl groups is 1. The third-order valence-electron chi connectivity index (χ3n) is 2.16. The van der Waals surface area contributed by atoms with Crippen LogP contribution in [-0.2, 0) is 6.54 Å². The summed E-state index contributed by atoms with van der Waals surface area (Å²) in [4.78, 5) is 10.6. The molecule has 0 atom stereocenters. The fourth-order valence-corrected chi connectivity index (χ4v) is 1.35. The zero-order valence-corrected chi connectivity index (χ0v) is 8.37. The van der Waals surface area contributed by atoms with Crippen LogP contribution in [0.2, 0.25) is 0 Å². The van der Waals surface area contributed by atoms with Gasteiger partial charge < -0.3 is 10.2 Å². The molecule has 0 unspecified atom stereocenters. The van der Waals surface area contributed by atoms with Crippen molar-refractivity contribution in [3.63, 3.8) is 0 Å². The molecule has 0 aliphatic carbocycles. The molecule has 0 bridgehead atoms. The monoisotopic (exact) mass is 218 g/mol. The molecule has 0 fully saturated rings. The lowest BCUT2D eigenvalue weighted by atomic mass is 10.2. The Labute approximate surface area is 91.6 Å². The third kappa shape index (κ3) is 2.20. The maximum Gasteiger partial charge on any atom is 0.338 e. The first-order valence-electron chi connectivity index (χ1n) is 4.69. The van der Waals surface area contributed by atoms with E-state index >= 15 is 0 Å². The summed E-state index contributed by atoms with van der Waals surface area (Å²) in [6.07, 6.45) is 2.78. The number of hydrogen-bond donors (Lipinski definition) is 2. The van der Waals surface area contributed by atoms with Gasteiger partial charge in [-0.2, -0.15) is 5.10 Å². The Bertz CT molecular complexity index is 502. The van der Waals surface area contributed by atoms with Crippen molar-refractivity contribution in [2.75, 3.05) is 0 Å². The number of phenolic OH excluding ortho intramolecular Hbond substituents is 1. The van der Waals surface area contributed by atoms with Crippen molar-refractivity contribution in [2.45, 2.75) is 6.54 Å². The Morgan fingerprint density at radius 2 is 2.00 bits per heavy atom. The summed E-state index contributed by atoms with van der Waals surface area (Å²) < 4.78 is 1.54. The molecule has 0 saturated carbocycles. The maximum absolute atomic E-state index is 10.6. The first kappa shape index (κ1) is 10.2. The van der Waals surface area contributed by atoms with Gasteiger partial charge in [-0.25, -0.2) is 4.79 Å². The van der Waals surface area contributed by atoms with Gasteiger partial charge in [-0.1, -0.05) is 12.1 Å². The normalized spacial score (nSPS) is 10.2. The Morgan fingerprint density at radius 3 is 2.56 bits per heavy atom. The molecule has 2 aromatic rings. The minimum Gasteiger partial charge on any atom is -0.508 e. The number of benzene rings is 1. The van der Waals surface area contributed by atoms with E-state index in [0.717, 1.165) is 5.56 Å². The largest absolute Gasteiger partial charge is 0.508 e. The lowest BCUT2D eigenvalue weighted by Crippen LogP contribution is -2.00. The van der Waals surface area contributed by atoms with Crippen molar-refractivity contribution < 1.29 is 15.0 Å². The fraction of sp³-hybridized carbons (Fsp3) is 0.0909. The number of nitrogens with zero attached hydrogens (tertiary/aromatic N) is 2. The number of carboxylic acid groups (broad SMARTS) is 1. The number of carbonyl (C=O) groups is 1. The van der Waals surface area contributed by atoms with Gasteiger partial charge in [0, 0.05) is 6.20 Å². The summed E-state index contributed by atoms with van der Waals surface area (Å²) in [6.45, 7) is 0.480. The average molecular weight is 218 g/mol. The minimum absolute atomic E-state index is 0.166. The first-order valence-corrected chi connectivity index (χ1v) is 4.69. The third-order valence-corrected chi connectivity index (χ3v) is 2.16. The van der Waals surface area contributed by atoms with Gasteiger partial charge in [-0.15, -0.1) is 0 Å². The van der Waals surface area contributed by atoms with Crippen LogP contribution in [0.1, 0.15) is 15.9 Å². The Kier molecular flexibility index (Phi) is 2.59. The number of phenols is 1. The molecule has 0 saturated heterocycles. The van der Waals surface area contributed by atoms with Crippen molar-refractivity contribution in [3.05, 3.63) is 47.8 Å². The molecule has 0 amide bonds. The van der Waals surface area contributed by atoms with Gasteiger partial charge in [0.05, 0.1) is 18.3 Å². The van der Waals surface area contributed by atoms with Crippen LogP contribution in [0.5, 0.6) is 5.75 Å². The molecule has 1 heterocycles. The van der Waals surface area contributed by atoms with E-state index in [1.54, 1.807) is 24.3 Å². The highest BCUT2D eigenvalue weighted by molar-refractivity contribution is 5.86. The molecule has 5 nitrogen and oxygen atoms in total. The highest BCUT2D eigenvalue weighted by Gasteiger charge is 2.05. The molecule has 5 heteroatoms. The van der Waals surface area contributed by atoms with Crippen LogP contribution in [0, 0.1) is 0 Å². The molecule has 0 spiro atoms. The summed E-state index contributed by atoms with van der Waals surface area (Å²) in [5, 5.41) is 21.7. The van der Waals surface area contributed by atoms with E-state index in [9.17, 15) is 4.79 Å². The van der Waals surface area contributed by atoms with Gasteiger partial charge in [-0.3, -0.25) is 4.68 Å². The molecule has 2 N–H and O–H groups in total. The van der Waals surface area contributed by atoms with Gasteiger partial charge in [0.1, 0.15) is 5.75 Å². The van der Waals surface area contributed by atoms with Gasteiger partial charge in [0.2, 0.25) is 0 Å². The Balaban J connectivity index is 2.14. The van der Waals surface area contributed by atoms with Gasteiger partial charge in [0.15, 0.2) is 0 Å². The molecule has 0 aliphatic heterocycles. The van der Waals surface area contributed by atoms with E-state index < -0.39 is 5.97 Å². The lowest BCUT2D eigenvalue weighted by Gasteiger charge is -2.01. The van der Waals surface area contributed by atoms with Crippen LogP contribution in [0.4, 0.5) is 0 Å². The van der Waals surface area contributed by atoms with Crippen LogP contribution in [0.3, 0.4) is 0 Å². The summed E-state index contributed by atoms with van der Waals surface area (Å²) >= 11 is 0. The number of hydrogen-bond acceptors (Lipinski definition) is 3. The van der Waals surface area contributed by atoms with Crippen molar-refractivity contribution in [1.29, 1.82) is 0 Å². The zero-order chi connectivity index (χ0) is 11.5. The van der Waals surface area contributed by atoms with Gasteiger partial charge >= 0.3 is 5.97 Å². The van der Waals surface area contributed by atoms with E-state index in [1.165, 1.54) is 17.1 Å². The smallest absolute Gasteiger partial charge is 0.338 e. The molecule has 16 heavy (non-hydrogen) atoms. The molecule has 0 aliphatic rings. The van der Waals surface area contributed by atoms with E-state index in [-0.39, 0.29) is 11.3 Å². The van der Waals surface area contributed by atoms with E-state index in [2.05, 4.69) is 5.10 Å². The first-order chi connectivity index (χ1) is 7.65. The minimum atomic E-state index is -0.989. The second kappa shape index (κ2) is 4.06. The van der Waals surface area contributed by atoms with Crippen molar-refractivity contribution in [2.24, 2.45) is 0 Å². The van der Waals surface area contributed by atoms with Crippen LogP contribution in [0.15, 0.2) is 36.7 Å². The van der Waals surface area contributed by atoms with Crippen LogP contribution < -0.4 is 0 Å². The zero-order valence-electron chi connectivity index (χ0n) is 8.37. The fourth-order valence-electron chi connectivity index (χ4n) is 1.35. The highest BCUT2D eigenvalue weighted by atomic mass is 16.4. The second-order valence-corrected chi connectivity index (χ2v) is 3.40. The lowest BCUT2D eigenvalue weighted by molar-refractivity contribution is 0.0697. The van der Waals surface area contributed by atoms with Crippen molar-refractivity contribution >= 4 is 5.97 Å². The van der Waals surface area contributed by atoms with Crippen molar-refractivity contribution in [3.8, 4) is 5.75 Å². The molecular weight excluding hydrogens is 208 g/mol. The quantitative estimate of drug-likeness (QED) is 0.815. The molecular formula is C11H10N2O3. The van der Waals surface area contributed by atoms with E-state index in [0.29, 0.717) is 6.54 Å². The SMILES string of the molecule is O=C(O)c1cnn(Cc2ccc(O)cc2)c1. The predicted octanol–water partition coefficient (Wildman–Crippen LogP) is 1.34. The van der Waals surface area contributed by atoms with Crippen LogP contribution >= 0.6 is 0 Å². The number of aromatic carboxylic acids is 1. The summed E-state index contributed by atoms with van der Waals surface area (Å²) in [6, 6.07) is 6.68. The Morgan fingerprint density at radius 1 is 1.31 bits per heavy atom. The predicted molar refractivity (Wildman–Crippen MR) is 56.4 cm³/mol. The van der Waals surface area contributed by atoms with Crippen molar-refractivity contribution in [1.82, 2.24) is 9.78 Å². The Hall–Kier alpha value is -2.30. The molecule has 2 rings (SSSR count). The molecule has 1 aromatic heterocycles. The maximum atomic E-state index is 10.6. The molecule has 82 valence electrons. The molecule has 1 aromatic carbocycles. The summed E-state index contributed by atoms with van der Waals surface area (Å²) in [5.74, 6) is -0.785. The van der Waals surface area contributed by atoms with Crippen LogP contribution in [-0.4, -0.2) is 26.0 Å². The summed E-state index contributed by atoms with van der Waals surface area (Å²) in [7, 11) is 0. The second-order valence-electron chi connectivity index (χ2n) is 3.40. The van der Waals surface area contributed by atoms with E-state index in [1.807, 2.05) is 0 Å². The van der Waals surface area contributed by atoms with E-state index in [4.69, 9.17) is 10.2 Å². The standard InChI is InChI=1S/C11H10N2O3/c14-10-3-1-8(2-4-10)6-13-7-9(5-12-13)11(15)16/h1-5,7,14H,6H2,(H,15,16). The van der Waals surface area contributed by atoms with Crippen LogP contribution in [0.25, 0.3) is 0 Å². The highest BCUT2D eigenvalue weighted by Crippen LogP contribution is 2.10. The number of aromatic nitrogens is 2. The van der Waals surface area contributed by atoms with Gasteiger partial charge in [-0.05, 0) is 17.7 Å². The average Bonchev–Trinajstić information content (AvgIpc) is 2.70. The topological polar surface area (TPSA) is 75.3 Å². The van der Waals surface area contributed by atoms with Gasteiger partial charge in [0.25, 0.3) is 0 Å². The summed E-state index contributed by atoms with van der Waals surface area (Å²) in [5.41, 5.74) is 1.11. The number of rotatable bonds is 3.